The molecule has 126 valence electrons. The van der Waals surface area contributed by atoms with Crippen LogP contribution in [0.4, 0.5) is 4.39 Å². The van der Waals surface area contributed by atoms with Gasteiger partial charge in [0.2, 0.25) is 11.8 Å². The standard InChI is InChI=1S/C17H16ClFN2O3/c1-2-6-24-13-8-9(18)7-12(19)15(13)14-10(16(20)22)4-3-5-11(14)17(21)23/h3-5,7-8H,2,6H2,1H3,(H2,20,22)(H2,21,23). The fraction of sp³-hybridized carbons (Fsp3) is 0.176. The highest BCUT2D eigenvalue weighted by Crippen LogP contribution is 2.39. The summed E-state index contributed by atoms with van der Waals surface area (Å²) >= 11 is 5.89. The molecule has 0 radical (unpaired) electrons. The third kappa shape index (κ3) is 3.49. The zero-order valence-corrected chi connectivity index (χ0v) is 13.7. The van der Waals surface area contributed by atoms with Crippen molar-refractivity contribution in [2.75, 3.05) is 6.61 Å². The van der Waals surface area contributed by atoms with E-state index in [0.717, 1.165) is 6.07 Å². The molecular formula is C17H16ClFN2O3. The highest BCUT2D eigenvalue weighted by atomic mass is 35.5. The van der Waals surface area contributed by atoms with Crippen molar-refractivity contribution in [3.8, 4) is 16.9 Å². The molecule has 2 aromatic carbocycles. The Kier molecular flexibility index (Phi) is 5.41. The van der Waals surface area contributed by atoms with Crippen molar-refractivity contribution in [2.24, 2.45) is 11.5 Å². The molecule has 0 saturated carbocycles. The van der Waals surface area contributed by atoms with Crippen LogP contribution in [0.5, 0.6) is 5.75 Å². The Morgan fingerprint density at radius 2 is 1.71 bits per heavy atom. The molecule has 24 heavy (non-hydrogen) atoms. The Labute approximate surface area is 143 Å². The van der Waals surface area contributed by atoms with Gasteiger partial charge in [-0.25, -0.2) is 4.39 Å². The molecule has 4 N–H and O–H groups in total. The zero-order valence-electron chi connectivity index (χ0n) is 12.9. The number of amides is 2. The maximum absolute atomic E-state index is 14.6. The Balaban J connectivity index is 2.85. The summed E-state index contributed by atoms with van der Waals surface area (Å²) in [6.45, 7) is 2.18. The fourth-order valence-corrected chi connectivity index (χ4v) is 2.55. The van der Waals surface area contributed by atoms with Gasteiger partial charge in [0.05, 0.1) is 12.2 Å². The second kappa shape index (κ2) is 7.31. The van der Waals surface area contributed by atoms with Crippen LogP contribution in [-0.4, -0.2) is 18.4 Å². The van der Waals surface area contributed by atoms with E-state index in [9.17, 15) is 14.0 Å². The smallest absolute Gasteiger partial charge is 0.249 e. The summed E-state index contributed by atoms with van der Waals surface area (Å²) in [5.74, 6) is -2.27. The zero-order chi connectivity index (χ0) is 17.9. The van der Waals surface area contributed by atoms with Crippen molar-refractivity contribution in [1.82, 2.24) is 0 Å². The second-order valence-corrected chi connectivity index (χ2v) is 5.50. The lowest BCUT2D eigenvalue weighted by Gasteiger charge is -2.17. The van der Waals surface area contributed by atoms with E-state index in [2.05, 4.69) is 0 Å². The maximum Gasteiger partial charge on any atom is 0.249 e. The van der Waals surface area contributed by atoms with E-state index in [1.165, 1.54) is 24.3 Å². The molecule has 0 saturated heterocycles. The topological polar surface area (TPSA) is 95.4 Å². The van der Waals surface area contributed by atoms with Gasteiger partial charge in [-0.15, -0.1) is 0 Å². The summed E-state index contributed by atoms with van der Waals surface area (Å²) in [7, 11) is 0. The van der Waals surface area contributed by atoms with Gasteiger partial charge in [0, 0.05) is 21.7 Å². The molecule has 0 fully saturated rings. The first-order chi connectivity index (χ1) is 11.4. The molecule has 0 aliphatic carbocycles. The molecule has 7 heteroatoms. The molecule has 0 aromatic heterocycles. The van der Waals surface area contributed by atoms with E-state index >= 15 is 0 Å². The summed E-state index contributed by atoms with van der Waals surface area (Å²) in [5.41, 5.74) is 10.6. The highest BCUT2D eigenvalue weighted by Gasteiger charge is 2.24. The Hall–Kier alpha value is -2.60. The lowest BCUT2D eigenvalue weighted by molar-refractivity contribution is 0.0999. The second-order valence-electron chi connectivity index (χ2n) is 5.07. The number of carbonyl (C=O) groups excluding carboxylic acids is 2. The van der Waals surface area contributed by atoms with Gasteiger partial charge >= 0.3 is 0 Å². The van der Waals surface area contributed by atoms with Gasteiger partial charge in [0.1, 0.15) is 11.6 Å². The van der Waals surface area contributed by atoms with Crippen LogP contribution in [0.2, 0.25) is 5.02 Å². The van der Waals surface area contributed by atoms with E-state index in [0.29, 0.717) is 13.0 Å². The number of halogens is 2. The minimum absolute atomic E-state index is 0.00207. The predicted molar refractivity (Wildman–Crippen MR) is 89.7 cm³/mol. The summed E-state index contributed by atoms with van der Waals surface area (Å²) in [6.07, 6.45) is 0.674. The molecule has 5 nitrogen and oxygen atoms in total. The first-order valence-corrected chi connectivity index (χ1v) is 7.59. The Morgan fingerprint density at radius 1 is 1.12 bits per heavy atom. The molecule has 0 heterocycles. The normalized spacial score (nSPS) is 10.5. The van der Waals surface area contributed by atoms with E-state index < -0.39 is 17.6 Å². The van der Waals surface area contributed by atoms with Crippen LogP contribution in [0.15, 0.2) is 30.3 Å². The van der Waals surface area contributed by atoms with E-state index in [1.54, 1.807) is 0 Å². The Morgan fingerprint density at radius 3 is 2.21 bits per heavy atom. The SMILES string of the molecule is CCCOc1cc(Cl)cc(F)c1-c1c(C(N)=O)cccc1C(N)=O. The number of primary amides is 2. The van der Waals surface area contributed by atoms with Crippen LogP contribution >= 0.6 is 11.6 Å². The van der Waals surface area contributed by atoms with Crippen molar-refractivity contribution in [2.45, 2.75) is 13.3 Å². The monoisotopic (exact) mass is 350 g/mol. The van der Waals surface area contributed by atoms with Gasteiger partial charge in [0.25, 0.3) is 0 Å². The Bertz CT molecular complexity index is 776. The van der Waals surface area contributed by atoms with Crippen molar-refractivity contribution in [3.05, 3.63) is 52.3 Å². The summed E-state index contributed by atoms with van der Waals surface area (Å²) < 4.78 is 20.2. The molecule has 0 spiro atoms. The fourth-order valence-electron chi connectivity index (χ4n) is 2.35. The first kappa shape index (κ1) is 17.7. The van der Waals surface area contributed by atoms with Crippen LogP contribution in [0, 0.1) is 5.82 Å². The van der Waals surface area contributed by atoms with E-state index in [4.69, 9.17) is 27.8 Å². The first-order valence-electron chi connectivity index (χ1n) is 7.21. The van der Waals surface area contributed by atoms with Crippen molar-refractivity contribution >= 4 is 23.4 Å². The van der Waals surface area contributed by atoms with Crippen LogP contribution in [0.3, 0.4) is 0 Å². The van der Waals surface area contributed by atoms with E-state index in [-0.39, 0.29) is 33.0 Å². The third-order valence-electron chi connectivity index (χ3n) is 3.33. The average Bonchev–Trinajstić information content (AvgIpc) is 2.51. The number of nitrogens with two attached hydrogens (primary N) is 2. The molecular weight excluding hydrogens is 335 g/mol. The third-order valence-corrected chi connectivity index (χ3v) is 3.54. The lowest BCUT2D eigenvalue weighted by atomic mass is 9.92. The number of rotatable bonds is 6. The lowest BCUT2D eigenvalue weighted by Crippen LogP contribution is -2.18. The summed E-state index contributed by atoms with van der Waals surface area (Å²) in [6, 6.07) is 6.71. The molecule has 2 amide bonds. The predicted octanol–water partition coefficient (Wildman–Crippen LogP) is 3.13. The molecule has 0 aliphatic rings. The van der Waals surface area contributed by atoms with Crippen molar-refractivity contribution < 1.29 is 18.7 Å². The van der Waals surface area contributed by atoms with Crippen LogP contribution in [0.25, 0.3) is 11.1 Å². The van der Waals surface area contributed by atoms with E-state index in [1.807, 2.05) is 6.92 Å². The summed E-state index contributed by atoms with van der Waals surface area (Å²) in [5, 5.41) is 0.125. The van der Waals surface area contributed by atoms with Gasteiger partial charge in [-0.3, -0.25) is 9.59 Å². The number of ether oxygens (including phenoxy) is 1. The molecule has 0 bridgehead atoms. The molecule has 2 aromatic rings. The quantitative estimate of drug-likeness (QED) is 0.837. The van der Waals surface area contributed by atoms with Gasteiger partial charge in [-0.1, -0.05) is 24.6 Å². The molecule has 0 aliphatic heterocycles. The minimum atomic E-state index is -0.816. The van der Waals surface area contributed by atoms with Crippen LogP contribution < -0.4 is 16.2 Å². The molecule has 0 atom stereocenters. The maximum atomic E-state index is 14.6. The van der Waals surface area contributed by atoms with Gasteiger partial charge in [0.15, 0.2) is 0 Å². The largest absolute Gasteiger partial charge is 0.493 e. The highest BCUT2D eigenvalue weighted by molar-refractivity contribution is 6.31. The van der Waals surface area contributed by atoms with Gasteiger partial charge in [-0.05, 0) is 30.7 Å². The molecule has 2 rings (SSSR count). The molecule has 0 unspecified atom stereocenters. The summed E-state index contributed by atoms with van der Waals surface area (Å²) in [4.78, 5) is 23.5. The average molecular weight is 351 g/mol. The van der Waals surface area contributed by atoms with Gasteiger partial charge < -0.3 is 16.2 Å². The van der Waals surface area contributed by atoms with Crippen LogP contribution in [-0.2, 0) is 0 Å². The number of benzene rings is 2. The van der Waals surface area contributed by atoms with Gasteiger partial charge in [-0.2, -0.15) is 0 Å². The number of hydrogen-bond donors (Lipinski definition) is 2. The van der Waals surface area contributed by atoms with Crippen LogP contribution in [0.1, 0.15) is 34.1 Å². The van der Waals surface area contributed by atoms with Crippen molar-refractivity contribution in [3.63, 3.8) is 0 Å². The minimum Gasteiger partial charge on any atom is -0.493 e. The number of hydrogen-bond acceptors (Lipinski definition) is 3. The number of carbonyl (C=O) groups is 2. The van der Waals surface area contributed by atoms with Crippen molar-refractivity contribution in [1.29, 1.82) is 0 Å².